The molecule has 37 heavy (non-hydrogen) atoms. The lowest BCUT2D eigenvalue weighted by Gasteiger charge is -2.30. The molecule has 4 N–H and O–H groups in total. The summed E-state index contributed by atoms with van der Waals surface area (Å²) < 4.78 is 11.1. The number of rotatable bonds is 9. The molecule has 2 heterocycles. The molecular formula is C27H28N6O4. The van der Waals surface area contributed by atoms with Crippen molar-refractivity contribution in [2.75, 3.05) is 25.7 Å². The maximum Gasteiger partial charge on any atom is 0.267 e. The Morgan fingerprint density at radius 2 is 1.97 bits per heavy atom. The maximum atomic E-state index is 13.3. The van der Waals surface area contributed by atoms with Crippen molar-refractivity contribution in [1.29, 1.82) is 0 Å². The zero-order valence-corrected chi connectivity index (χ0v) is 20.6. The van der Waals surface area contributed by atoms with Crippen LogP contribution in [0.1, 0.15) is 46.7 Å². The summed E-state index contributed by atoms with van der Waals surface area (Å²) in [7, 11) is 3.07. The van der Waals surface area contributed by atoms with Gasteiger partial charge in [-0.3, -0.25) is 4.79 Å². The van der Waals surface area contributed by atoms with Gasteiger partial charge in [0.25, 0.3) is 5.91 Å². The van der Waals surface area contributed by atoms with Crippen LogP contribution < -0.4 is 20.9 Å². The molecule has 0 aliphatic carbocycles. The van der Waals surface area contributed by atoms with Crippen molar-refractivity contribution >= 4 is 36.3 Å². The van der Waals surface area contributed by atoms with Gasteiger partial charge in [-0.1, -0.05) is 24.3 Å². The molecule has 1 aliphatic heterocycles. The third kappa shape index (κ3) is 5.58. The fraction of sp³-hybridized carbons (Fsp3) is 0.222. The lowest BCUT2D eigenvalue weighted by atomic mass is 9.95. The highest BCUT2D eigenvalue weighted by atomic mass is 16.5. The minimum absolute atomic E-state index is 0.102. The standard InChI is InChI=1S/C27H28N6O4/c1-36-23-14-17(13-20-15-30-27(29)32-26(20)28)12-18(25(23)37-2)9-10-24(35)33-22(8-5-11-34)21-7-4-3-6-19(21)16-31-33/h3-4,6-7,9-12,14-16,22H,5,8,13H2,1-2H3,(H4,28,29,30,32)/b10-9+. The summed E-state index contributed by atoms with van der Waals surface area (Å²) >= 11 is 0. The van der Waals surface area contributed by atoms with Crippen molar-refractivity contribution in [1.82, 2.24) is 15.0 Å². The van der Waals surface area contributed by atoms with Gasteiger partial charge in [-0.25, -0.2) is 9.99 Å². The van der Waals surface area contributed by atoms with Crippen molar-refractivity contribution in [2.24, 2.45) is 5.10 Å². The van der Waals surface area contributed by atoms with Crippen LogP contribution in [0.3, 0.4) is 0 Å². The average Bonchev–Trinajstić information content (AvgIpc) is 2.91. The van der Waals surface area contributed by atoms with Crippen LogP contribution in [-0.4, -0.2) is 47.6 Å². The number of fused-ring (bicyclic) bond motifs is 1. The Hall–Kier alpha value is -4.73. The molecule has 0 bridgehead atoms. The number of nitrogens with two attached hydrogens (primary N) is 2. The Bertz CT molecular complexity index is 1370. The molecule has 1 aromatic heterocycles. The van der Waals surface area contributed by atoms with E-state index >= 15 is 0 Å². The van der Waals surface area contributed by atoms with Gasteiger partial charge in [-0.15, -0.1) is 0 Å². The van der Waals surface area contributed by atoms with Crippen molar-refractivity contribution in [3.05, 3.63) is 76.5 Å². The third-order valence-electron chi connectivity index (χ3n) is 6.04. The van der Waals surface area contributed by atoms with E-state index < -0.39 is 0 Å². The lowest BCUT2D eigenvalue weighted by Crippen LogP contribution is -2.32. The largest absolute Gasteiger partial charge is 0.493 e. The van der Waals surface area contributed by atoms with E-state index in [0.29, 0.717) is 47.7 Å². The van der Waals surface area contributed by atoms with Crippen molar-refractivity contribution < 1.29 is 19.1 Å². The van der Waals surface area contributed by atoms with Gasteiger partial charge in [-0.05, 0) is 41.3 Å². The van der Waals surface area contributed by atoms with Gasteiger partial charge in [0.2, 0.25) is 5.95 Å². The number of hydrogen-bond acceptors (Lipinski definition) is 9. The van der Waals surface area contributed by atoms with E-state index in [1.807, 2.05) is 36.4 Å². The van der Waals surface area contributed by atoms with E-state index in [4.69, 9.17) is 20.9 Å². The number of methoxy groups -OCH3 is 2. The minimum Gasteiger partial charge on any atom is -0.493 e. The predicted molar refractivity (Wildman–Crippen MR) is 141 cm³/mol. The Labute approximate surface area is 214 Å². The van der Waals surface area contributed by atoms with Crippen LogP contribution in [0.4, 0.5) is 11.8 Å². The highest BCUT2D eigenvalue weighted by Crippen LogP contribution is 2.35. The molecule has 2 aromatic carbocycles. The molecule has 3 aromatic rings. The number of anilines is 2. The number of amides is 1. The predicted octanol–water partition coefficient (Wildman–Crippen LogP) is 3.16. The van der Waals surface area contributed by atoms with Crippen LogP contribution in [0.5, 0.6) is 11.5 Å². The van der Waals surface area contributed by atoms with E-state index in [2.05, 4.69) is 15.1 Å². The van der Waals surface area contributed by atoms with Gasteiger partial charge >= 0.3 is 0 Å². The van der Waals surface area contributed by atoms with Crippen LogP contribution in [-0.2, 0) is 16.0 Å². The molecule has 0 radical (unpaired) electrons. The summed E-state index contributed by atoms with van der Waals surface area (Å²) in [4.78, 5) is 32.4. The molecule has 10 nitrogen and oxygen atoms in total. The first-order chi connectivity index (χ1) is 17.9. The van der Waals surface area contributed by atoms with Gasteiger partial charge in [0.15, 0.2) is 11.5 Å². The Morgan fingerprint density at radius 1 is 1.16 bits per heavy atom. The van der Waals surface area contributed by atoms with E-state index in [0.717, 1.165) is 23.0 Å². The van der Waals surface area contributed by atoms with E-state index in [1.54, 1.807) is 25.6 Å². The molecule has 0 fully saturated rings. The molecule has 1 unspecified atom stereocenters. The van der Waals surface area contributed by atoms with E-state index in [1.165, 1.54) is 18.2 Å². The molecule has 1 aliphatic rings. The summed E-state index contributed by atoms with van der Waals surface area (Å²) in [5, 5.41) is 5.79. The molecular weight excluding hydrogens is 472 g/mol. The molecule has 190 valence electrons. The second kappa shape index (κ2) is 11.3. The zero-order valence-electron chi connectivity index (χ0n) is 20.6. The molecule has 10 heteroatoms. The smallest absolute Gasteiger partial charge is 0.267 e. The average molecular weight is 501 g/mol. The minimum atomic E-state index is -0.347. The molecule has 1 atom stereocenters. The number of nitrogens with zero attached hydrogens (tertiary/aromatic N) is 4. The van der Waals surface area contributed by atoms with Gasteiger partial charge < -0.3 is 25.7 Å². The number of hydrazone groups is 1. The highest BCUT2D eigenvalue weighted by molar-refractivity contribution is 5.95. The van der Waals surface area contributed by atoms with Gasteiger partial charge in [-0.2, -0.15) is 10.1 Å². The number of carbonyl (C=O) groups excluding carboxylic acids is 2. The fourth-order valence-corrected chi connectivity index (χ4v) is 4.29. The first kappa shape index (κ1) is 25.4. The number of benzene rings is 2. The van der Waals surface area contributed by atoms with Crippen LogP contribution in [0.25, 0.3) is 6.08 Å². The van der Waals surface area contributed by atoms with Gasteiger partial charge in [0.1, 0.15) is 12.1 Å². The quantitative estimate of drug-likeness (QED) is 0.336. The second-order valence-corrected chi connectivity index (χ2v) is 8.39. The monoisotopic (exact) mass is 500 g/mol. The third-order valence-corrected chi connectivity index (χ3v) is 6.04. The number of aromatic nitrogens is 2. The number of nitrogen functional groups attached to an aromatic ring is 2. The Balaban J connectivity index is 1.64. The van der Waals surface area contributed by atoms with E-state index in [-0.39, 0.29) is 17.9 Å². The fourth-order valence-electron chi connectivity index (χ4n) is 4.29. The number of hydrogen-bond donors (Lipinski definition) is 2. The topological polar surface area (TPSA) is 146 Å². The van der Waals surface area contributed by atoms with Crippen LogP contribution in [0, 0.1) is 0 Å². The SMILES string of the molecule is COc1cc(Cc2cnc(N)nc2N)cc(/C=C/C(=O)N2N=Cc3ccccc3C2CCC=O)c1OC. The number of ether oxygens (including phenoxy) is 2. The Morgan fingerprint density at radius 3 is 2.70 bits per heavy atom. The molecule has 0 spiro atoms. The first-order valence-corrected chi connectivity index (χ1v) is 11.6. The lowest BCUT2D eigenvalue weighted by molar-refractivity contribution is -0.129. The zero-order chi connectivity index (χ0) is 26.4. The molecule has 0 saturated heterocycles. The number of carbonyl (C=O) groups is 2. The van der Waals surface area contributed by atoms with Crippen LogP contribution >= 0.6 is 0 Å². The van der Waals surface area contributed by atoms with Crippen molar-refractivity contribution in [2.45, 2.75) is 25.3 Å². The van der Waals surface area contributed by atoms with Gasteiger partial charge in [0, 0.05) is 36.2 Å². The van der Waals surface area contributed by atoms with Crippen LogP contribution in [0.15, 0.2) is 53.8 Å². The number of aldehydes is 1. The van der Waals surface area contributed by atoms with E-state index in [9.17, 15) is 9.59 Å². The summed E-state index contributed by atoms with van der Waals surface area (Å²) in [5.74, 6) is 1.03. The first-order valence-electron chi connectivity index (χ1n) is 11.6. The summed E-state index contributed by atoms with van der Waals surface area (Å²) in [6, 6.07) is 11.1. The van der Waals surface area contributed by atoms with Crippen LogP contribution in [0.2, 0.25) is 0 Å². The summed E-state index contributed by atoms with van der Waals surface area (Å²) in [5.41, 5.74) is 15.7. The summed E-state index contributed by atoms with van der Waals surface area (Å²) in [6.07, 6.45) is 8.37. The Kier molecular flexibility index (Phi) is 7.77. The second-order valence-electron chi connectivity index (χ2n) is 8.39. The molecule has 1 amide bonds. The maximum absolute atomic E-state index is 13.3. The van der Waals surface area contributed by atoms with Gasteiger partial charge in [0.05, 0.1) is 26.5 Å². The van der Waals surface area contributed by atoms with Crippen molar-refractivity contribution in [3.63, 3.8) is 0 Å². The van der Waals surface area contributed by atoms with Crippen molar-refractivity contribution in [3.8, 4) is 11.5 Å². The molecule has 4 rings (SSSR count). The molecule has 0 saturated carbocycles. The highest BCUT2D eigenvalue weighted by Gasteiger charge is 2.28. The summed E-state index contributed by atoms with van der Waals surface area (Å²) in [6.45, 7) is 0. The normalized spacial score (nSPS) is 14.4.